The highest BCUT2D eigenvalue weighted by atomic mass is 35.5. The molecular weight excluding hydrogens is 336 g/mol. The predicted octanol–water partition coefficient (Wildman–Crippen LogP) is 3.09. The number of likely N-dealkylation sites (N-methyl/N-ethyl adjacent to an activating group) is 1. The summed E-state index contributed by atoms with van der Waals surface area (Å²) in [7, 11) is 1.58. The summed E-state index contributed by atoms with van der Waals surface area (Å²) in [5.74, 6) is -0.262. The largest absolute Gasteiger partial charge is 0.357 e. The van der Waals surface area contributed by atoms with E-state index >= 15 is 0 Å². The van der Waals surface area contributed by atoms with Crippen LogP contribution >= 0.6 is 11.6 Å². The highest BCUT2D eigenvalue weighted by Gasteiger charge is 2.25. The van der Waals surface area contributed by atoms with Gasteiger partial charge in [0.2, 0.25) is 11.8 Å². The lowest BCUT2D eigenvalue weighted by molar-refractivity contribution is -0.139. The van der Waals surface area contributed by atoms with Gasteiger partial charge in [0.05, 0.1) is 6.42 Å². The van der Waals surface area contributed by atoms with Crippen molar-refractivity contribution < 1.29 is 9.59 Å². The molecule has 132 valence electrons. The first-order valence-corrected chi connectivity index (χ1v) is 8.68. The summed E-state index contributed by atoms with van der Waals surface area (Å²) in [6.45, 7) is 2.23. The van der Waals surface area contributed by atoms with Crippen molar-refractivity contribution >= 4 is 23.4 Å². The molecule has 0 saturated heterocycles. The van der Waals surface area contributed by atoms with E-state index in [1.165, 1.54) is 0 Å². The number of hydrogen-bond donors (Lipinski definition) is 1. The van der Waals surface area contributed by atoms with Crippen LogP contribution in [0.3, 0.4) is 0 Å². The molecule has 0 aliphatic heterocycles. The summed E-state index contributed by atoms with van der Waals surface area (Å²) >= 11 is 6.00. The standard InChI is InChI=1S/C20H23ClN2O2/c1-15(20(25)22-2)23(12-11-16-7-4-3-5-8-16)19(24)14-17-9-6-10-18(21)13-17/h3-10,13,15H,11-12,14H2,1-2H3,(H,22,25)/t15-/m1/s1. The average molecular weight is 359 g/mol. The van der Waals surface area contributed by atoms with Crippen molar-refractivity contribution in [3.05, 3.63) is 70.7 Å². The molecule has 0 fully saturated rings. The fourth-order valence-corrected chi connectivity index (χ4v) is 2.91. The topological polar surface area (TPSA) is 49.4 Å². The molecule has 0 saturated carbocycles. The van der Waals surface area contributed by atoms with Gasteiger partial charge in [0.1, 0.15) is 6.04 Å². The molecule has 2 amide bonds. The molecular formula is C20H23ClN2O2. The van der Waals surface area contributed by atoms with Gasteiger partial charge in [-0.15, -0.1) is 0 Å². The zero-order valence-corrected chi connectivity index (χ0v) is 15.3. The van der Waals surface area contributed by atoms with Crippen molar-refractivity contribution in [1.29, 1.82) is 0 Å². The van der Waals surface area contributed by atoms with Crippen molar-refractivity contribution in [2.24, 2.45) is 0 Å². The van der Waals surface area contributed by atoms with Crippen molar-refractivity contribution in [3.63, 3.8) is 0 Å². The maximum atomic E-state index is 12.8. The first kappa shape index (κ1) is 19.0. The molecule has 0 unspecified atom stereocenters. The molecule has 0 radical (unpaired) electrons. The number of rotatable bonds is 7. The average Bonchev–Trinajstić information content (AvgIpc) is 2.62. The van der Waals surface area contributed by atoms with Crippen molar-refractivity contribution in [3.8, 4) is 0 Å². The monoisotopic (exact) mass is 358 g/mol. The van der Waals surface area contributed by atoms with Gasteiger partial charge in [-0.1, -0.05) is 54.1 Å². The number of benzene rings is 2. The van der Waals surface area contributed by atoms with Crippen LogP contribution < -0.4 is 5.32 Å². The molecule has 0 bridgehead atoms. The Balaban J connectivity index is 2.12. The fourth-order valence-electron chi connectivity index (χ4n) is 2.70. The minimum atomic E-state index is -0.527. The van der Waals surface area contributed by atoms with Crippen LogP contribution in [0, 0.1) is 0 Å². The number of nitrogens with one attached hydrogen (secondary N) is 1. The van der Waals surface area contributed by atoms with E-state index in [2.05, 4.69) is 5.32 Å². The van der Waals surface area contributed by atoms with Crippen LogP contribution in [0.4, 0.5) is 0 Å². The molecule has 2 rings (SSSR count). The van der Waals surface area contributed by atoms with Gasteiger partial charge in [-0.2, -0.15) is 0 Å². The molecule has 0 aliphatic rings. The lowest BCUT2D eigenvalue weighted by atomic mass is 10.1. The van der Waals surface area contributed by atoms with Crippen molar-refractivity contribution in [2.75, 3.05) is 13.6 Å². The summed E-state index contributed by atoms with van der Waals surface area (Å²) in [4.78, 5) is 26.5. The minimum absolute atomic E-state index is 0.0886. The minimum Gasteiger partial charge on any atom is -0.357 e. The second-order valence-electron chi connectivity index (χ2n) is 5.92. The molecule has 1 N–H and O–H groups in total. The zero-order chi connectivity index (χ0) is 18.2. The summed E-state index contributed by atoms with van der Waals surface area (Å²) < 4.78 is 0. The van der Waals surface area contributed by atoms with Gasteiger partial charge < -0.3 is 10.2 Å². The van der Waals surface area contributed by atoms with E-state index < -0.39 is 6.04 Å². The molecule has 5 heteroatoms. The first-order valence-electron chi connectivity index (χ1n) is 8.30. The fraction of sp³-hybridized carbons (Fsp3) is 0.300. The Kier molecular flexibility index (Phi) is 7.02. The number of halogens is 1. The van der Waals surface area contributed by atoms with E-state index in [-0.39, 0.29) is 18.2 Å². The predicted molar refractivity (Wildman–Crippen MR) is 101 cm³/mol. The maximum Gasteiger partial charge on any atom is 0.242 e. The van der Waals surface area contributed by atoms with Crippen LogP contribution in [0.15, 0.2) is 54.6 Å². The second kappa shape index (κ2) is 9.23. The van der Waals surface area contributed by atoms with Gasteiger partial charge in [-0.25, -0.2) is 0 Å². The van der Waals surface area contributed by atoms with E-state index in [0.717, 1.165) is 11.1 Å². The molecule has 2 aromatic rings. The third kappa shape index (κ3) is 5.61. The Labute approximate surface area is 153 Å². The first-order chi connectivity index (χ1) is 12.0. The van der Waals surface area contributed by atoms with Crippen LogP contribution in [-0.2, 0) is 22.4 Å². The Hall–Kier alpha value is -2.33. The smallest absolute Gasteiger partial charge is 0.242 e. The van der Waals surface area contributed by atoms with Gasteiger partial charge in [-0.3, -0.25) is 9.59 Å². The number of carbonyl (C=O) groups excluding carboxylic acids is 2. The van der Waals surface area contributed by atoms with Crippen LogP contribution in [-0.4, -0.2) is 36.3 Å². The van der Waals surface area contributed by atoms with Crippen molar-refractivity contribution in [1.82, 2.24) is 10.2 Å². The Morgan fingerprint density at radius 2 is 1.76 bits per heavy atom. The van der Waals surface area contributed by atoms with E-state index in [9.17, 15) is 9.59 Å². The number of nitrogens with zero attached hydrogens (tertiary/aromatic N) is 1. The number of amides is 2. The molecule has 2 aromatic carbocycles. The summed E-state index contributed by atoms with van der Waals surface area (Å²) in [6, 6.07) is 16.6. The SMILES string of the molecule is CNC(=O)[C@@H](C)N(CCc1ccccc1)C(=O)Cc1cccc(Cl)c1. The van der Waals surface area contributed by atoms with Gasteiger partial charge in [0.25, 0.3) is 0 Å². The Morgan fingerprint density at radius 1 is 1.08 bits per heavy atom. The highest BCUT2D eigenvalue weighted by Crippen LogP contribution is 2.14. The van der Waals surface area contributed by atoms with Crippen LogP contribution in [0.2, 0.25) is 5.02 Å². The normalized spacial score (nSPS) is 11.6. The molecule has 0 aromatic heterocycles. The van der Waals surface area contributed by atoms with E-state index in [1.54, 1.807) is 31.0 Å². The van der Waals surface area contributed by atoms with E-state index in [4.69, 9.17) is 11.6 Å². The summed E-state index contributed by atoms with van der Waals surface area (Å²) in [5, 5.41) is 3.21. The van der Waals surface area contributed by atoms with Crippen LogP contribution in [0.5, 0.6) is 0 Å². The molecule has 0 heterocycles. The lowest BCUT2D eigenvalue weighted by Gasteiger charge is -2.28. The Bertz CT molecular complexity index is 719. The van der Waals surface area contributed by atoms with Gasteiger partial charge >= 0.3 is 0 Å². The summed E-state index contributed by atoms with van der Waals surface area (Å²) in [5.41, 5.74) is 1.97. The third-order valence-corrected chi connectivity index (χ3v) is 4.38. The van der Waals surface area contributed by atoms with E-state index in [1.807, 2.05) is 42.5 Å². The maximum absolute atomic E-state index is 12.8. The molecule has 1 atom stereocenters. The second-order valence-corrected chi connectivity index (χ2v) is 6.36. The van der Waals surface area contributed by atoms with Crippen LogP contribution in [0.1, 0.15) is 18.1 Å². The zero-order valence-electron chi connectivity index (χ0n) is 14.5. The number of carbonyl (C=O) groups is 2. The molecule has 4 nitrogen and oxygen atoms in total. The third-order valence-electron chi connectivity index (χ3n) is 4.14. The van der Waals surface area contributed by atoms with Gasteiger partial charge in [0, 0.05) is 18.6 Å². The lowest BCUT2D eigenvalue weighted by Crippen LogP contribution is -2.48. The van der Waals surface area contributed by atoms with Crippen molar-refractivity contribution in [2.45, 2.75) is 25.8 Å². The Morgan fingerprint density at radius 3 is 2.40 bits per heavy atom. The quantitative estimate of drug-likeness (QED) is 0.826. The molecule has 0 spiro atoms. The molecule has 25 heavy (non-hydrogen) atoms. The van der Waals surface area contributed by atoms with Crippen LogP contribution in [0.25, 0.3) is 0 Å². The highest BCUT2D eigenvalue weighted by molar-refractivity contribution is 6.30. The number of hydrogen-bond acceptors (Lipinski definition) is 2. The van der Waals surface area contributed by atoms with E-state index in [0.29, 0.717) is 18.0 Å². The summed E-state index contributed by atoms with van der Waals surface area (Å²) in [6.07, 6.45) is 0.917. The van der Waals surface area contributed by atoms with Gasteiger partial charge in [-0.05, 0) is 36.6 Å². The molecule has 0 aliphatic carbocycles. The van der Waals surface area contributed by atoms with Gasteiger partial charge in [0.15, 0.2) is 0 Å².